The van der Waals surface area contributed by atoms with Gasteiger partial charge < -0.3 is 6.08 Å². The third-order valence-corrected chi connectivity index (χ3v) is 2.85. The minimum Gasteiger partial charge on any atom is -0.491 e. The smallest absolute Gasteiger partial charge is 0.491 e. The average Bonchev–Trinajstić information content (AvgIpc) is 2.92. The van der Waals surface area contributed by atoms with Gasteiger partial charge in [0.15, 0.2) is 0 Å². The molecule has 3 rings (SSSR count). The molecule has 1 fully saturated rings. The molecule has 1 saturated carbocycles. The number of alkyl halides is 4. The Labute approximate surface area is 107 Å². The molecule has 1 aromatic carbocycles. The minimum atomic E-state index is -3.91. The van der Waals surface area contributed by atoms with Gasteiger partial charge in [-0.1, -0.05) is 6.42 Å². The summed E-state index contributed by atoms with van der Waals surface area (Å²) in [5.41, 5.74) is -0.470. The van der Waals surface area contributed by atoms with E-state index in [1.54, 1.807) is 0 Å². The molecule has 0 heterocycles. The van der Waals surface area contributed by atoms with Crippen LogP contribution in [0.1, 0.15) is 12.8 Å². The van der Waals surface area contributed by atoms with Crippen LogP contribution >= 0.6 is 0 Å². The maximum atomic E-state index is 12.5. The van der Waals surface area contributed by atoms with Gasteiger partial charge in [0.1, 0.15) is 0 Å². The SMILES string of the molecule is FC1(F)C2=[C-]CCC2C1(F)F.[Ni+2].c1cc[cH-]c1. The topological polar surface area (TPSA) is 0 Å². The van der Waals surface area contributed by atoms with Crippen LogP contribution in [0.25, 0.3) is 0 Å². The van der Waals surface area contributed by atoms with Crippen molar-refractivity contribution in [1.82, 2.24) is 0 Å². The van der Waals surface area contributed by atoms with Crippen molar-refractivity contribution in [1.29, 1.82) is 0 Å². The molecule has 0 N–H and O–H groups in total. The summed E-state index contributed by atoms with van der Waals surface area (Å²) in [6, 6.07) is 10.0. The van der Waals surface area contributed by atoms with E-state index in [4.69, 9.17) is 0 Å². The predicted molar refractivity (Wildman–Crippen MR) is 51.4 cm³/mol. The molecule has 0 saturated heterocycles. The number of halogens is 4. The van der Waals surface area contributed by atoms with E-state index >= 15 is 0 Å². The molecule has 0 spiro atoms. The van der Waals surface area contributed by atoms with Crippen LogP contribution in [0, 0.1) is 12.0 Å². The largest absolute Gasteiger partial charge is 2.00 e. The Hall–Kier alpha value is -0.696. The number of fused-ring (bicyclic) bond motifs is 1. The number of hydrogen-bond acceptors (Lipinski definition) is 0. The fraction of sp³-hybridized carbons (Fsp3) is 0.417. The second-order valence-electron chi connectivity index (χ2n) is 3.84. The molecule has 1 unspecified atom stereocenters. The van der Waals surface area contributed by atoms with Crippen molar-refractivity contribution in [2.24, 2.45) is 5.92 Å². The molecular formula is C12H10F4Ni. The van der Waals surface area contributed by atoms with E-state index in [9.17, 15) is 17.6 Å². The van der Waals surface area contributed by atoms with E-state index in [-0.39, 0.29) is 29.3 Å². The molecule has 0 aromatic heterocycles. The summed E-state index contributed by atoms with van der Waals surface area (Å²) in [5.74, 6) is -8.95. The van der Waals surface area contributed by atoms with Gasteiger partial charge in [-0.05, 0) is 0 Å². The van der Waals surface area contributed by atoms with E-state index < -0.39 is 23.3 Å². The Morgan fingerprint density at radius 2 is 1.76 bits per heavy atom. The van der Waals surface area contributed by atoms with Crippen LogP contribution in [-0.2, 0) is 16.5 Å². The van der Waals surface area contributed by atoms with Gasteiger partial charge in [0, 0.05) is 5.92 Å². The van der Waals surface area contributed by atoms with Gasteiger partial charge in [-0.3, -0.25) is 0 Å². The summed E-state index contributed by atoms with van der Waals surface area (Å²) in [5, 5.41) is 0. The van der Waals surface area contributed by atoms with Crippen LogP contribution in [-0.4, -0.2) is 11.8 Å². The first-order valence-electron chi connectivity index (χ1n) is 5.01. The van der Waals surface area contributed by atoms with Crippen LogP contribution in [0.3, 0.4) is 0 Å². The van der Waals surface area contributed by atoms with E-state index in [1.165, 1.54) is 0 Å². The van der Waals surface area contributed by atoms with Crippen molar-refractivity contribution in [3.05, 3.63) is 42.0 Å². The van der Waals surface area contributed by atoms with Crippen LogP contribution in [0.15, 0.2) is 35.9 Å². The summed E-state index contributed by atoms with van der Waals surface area (Å²) in [6.45, 7) is 0. The van der Waals surface area contributed by atoms with E-state index in [1.807, 2.05) is 30.3 Å². The summed E-state index contributed by atoms with van der Waals surface area (Å²) < 4.78 is 49.8. The van der Waals surface area contributed by atoms with Crippen molar-refractivity contribution in [3.63, 3.8) is 0 Å². The zero-order valence-electron chi connectivity index (χ0n) is 8.71. The Kier molecular flexibility index (Phi) is 4.13. The summed E-state index contributed by atoms with van der Waals surface area (Å²) in [4.78, 5) is 0. The molecule has 96 valence electrons. The first-order valence-corrected chi connectivity index (χ1v) is 5.01. The van der Waals surface area contributed by atoms with Crippen LogP contribution < -0.4 is 0 Å². The van der Waals surface area contributed by atoms with E-state index in [0.29, 0.717) is 0 Å². The van der Waals surface area contributed by atoms with E-state index in [0.717, 1.165) is 0 Å². The quantitative estimate of drug-likeness (QED) is 0.387. The Morgan fingerprint density at radius 1 is 1.18 bits per heavy atom. The zero-order chi connectivity index (χ0) is 11.8. The second-order valence-corrected chi connectivity index (χ2v) is 3.84. The maximum absolute atomic E-state index is 12.5. The van der Waals surface area contributed by atoms with Crippen molar-refractivity contribution in [2.75, 3.05) is 0 Å². The minimum absolute atomic E-state index is 0. The first kappa shape index (κ1) is 14.4. The molecule has 17 heavy (non-hydrogen) atoms. The van der Waals surface area contributed by atoms with Crippen molar-refractivity contribution < 1.29 is 34.1 Å². The summed E-state index contributed by atoms with van der Waals surface area (Å²) in [6.07, 6.45) is 2.65. The molecule has 0 aliphatic heterocycles. The van der Waals surface area contributed by atoms with Gasteiger partial charge in [-0.25, -0.2) is 12.1 Å². The zero-order valence-corrected chi connectivity index (χ0v) is 9.69. The van der Waals surface area contributed by atoms with E-state index in [2.05, 4.69) is 6.08 Å². The molecular weight excluding hydrogens is 279 g/mol. The van der Waals surface area contributed by atoms with Crippen molar-refractivity contribution in [3.8, 4) is 0 Å². The van der Waals surface area contributed by atoms with Crippen molar-refractivity contribution in [2.45, 2.75) is 24.7 Å². The Morgan fingerprint density at radius 3 is 2.18 bits per heavy atom. The number of allylic oxidation sites excluding steroid dienone is 2. The van der Waals surface area contributed by atoms with Crippen LogP contribution in [0.4, 0.5) is 17.6 Å². The van der Waals surface area contributed by atoms with Gasteiger partial charge in [0.05, 0.1) is 0 Å². The predicted octanol–water partition coefficient (Wildman–Crippen LogP) is 3.81. The molecule has 1 aromatic rings. The second kappa shape index (κ2) is 4.89. The molecule has 0 amide bonds. The summed E-state index contributed by atoms with van der Waals surface area (Å²) >= 11 is 0. The van der Waals surface area contributed by atoms with Crippen molar-refractivity contribution >= 4 is 0 Å². The number of hydrogen-bond donors (Lipinski definition) is 0. The van der Waals surface area contributed by atoms with Gasteiger partial charge in [0.2, 0.25) is 0 Å². The maximum Gasteiger partial charge on any atom is 2.00 e. The standard InChI is InChI=1S/C7H5F4.C5H5.Ni/c8-6(9)4-2-1-3-5(4)7(6,10)11;1-2-4-5-3-1;/h4H,1-2H2;1-5H;/q2*-1;+2. The fourth-order valence-corrected chi connectivity index (χ4v) is 1.95. The van der Waals surface area contributed by atoms with Crippen LogP contribution in [0.5, 0.6) is 0 Å². The fourth-order valence-electron chi connectivity index (χ4n) is 1.95. The molecule has 0 nitrogen and oxygen atoms in total. The van der Waals surface area contributed by atoms with Gasteiger partial charge in [-0.15, -0.1) is 0 Å². The molecule has 0 bridgehead atoms. The molecule has 0 radical (unpaired) electrons. The van der Waals surface area contributed by atoms with Crippen LogP contribution in [0.2, 0.25) is 0 Å². The Balaban J connectivity index is 0.000000205. The third kappa shape index (κ3) is 2.17. The molecule has 2 aliphatic carbocycles. The van der Waals surface area contributed by atoms with Gasteiger partial charge in [0.25, 0.3) is 0 Å². The monoisotopic (exact) mass is 288 g/mol. The average molecular weight is 289 g/mol. The number of rotatable bonds is 0. The molecule has 5 heteroatoms. The summed E-state index contributed by atoms with van der Waals surface area (Å²) in [7, 11) is 0. The van der Waals surface area contributed by atoms with Gasteiger partial charge in [-0.2, -0.15) is 47.8 Å². The molecule has 1 atom stereocenters. The first-order chi connectivity index (χ1) is 7.48. The normalized spacial score (nSPS) is 26.6. The Bertz CT molecular complexity index is 364. The molecule has 2 aliphatic rings. The van der Waals surface area contributed by atoms with Gasteiger partial charge >= 0.3 is 28.3 Å². The third-order valence-electron chi connectivity index (χ3n) is 2.85.